The second-order valence-corrected chi connectivity index (χ2v) is 8.91. The molecule has 0 aliphatic carbocycles. The molecule has 0 saturated heterocycles. The molecule has 2 aromatic heterocycles. The van der Waals surface area contributed by atoms with Crippen LogP contribution in [0.2, 0.25) is 0 Å². The van der Waals surface area contributed by atoms with Crippen molar-refractivity contribution in [2.75, 3.05) is 5.32 Å². The molecule has 36 heavy (non-hydrogen) atoms. The Morgan fingerprint density at radius 2 is 1.64 bits per heavy atom. The van der Waals surface area contributed by atoms with Crippen molar-refractivity contribution in [2.24, 2.45) is 0 Å². The van der Waals surface area contributed by atoms with Gasteiger partial charge in [0.05, 0.1) is 12.0 Å². The maximum Gasteiger partial charge on any atom is 0.320 e. The van der Waals surface area contributed by atoms with E-state index in [1.54, 1.807) is 10.9 Å². The van der Waals surface area contributed by atoms with Crippen molar-refractivity contribution in [3.05, 3.63) is 114 Å². The zero-order valence-corrected chi connectivity index (χ0v) is 20.3. The highest BCUT2D eigenvalue weighted by Gasteiger charge is 2.16. The third-order valence-electron chi connectivity index (χ3n) is 5.98. The van der Waals surface area contributed by atoms with Crippen LogP contribution < -0.4 is 10.6 Å². The summed E-state index contributed by atoms with van der Waals surface area (Å²) in [6, 6.07) is 31.8. The summed E-state index contributed by atoms with van der Waals surface area (Å²) in [5.74, 6) is 1.19. The third kappa shape index (κ3) is 5.39. The number of carbonyl (C=O) groups is 1. The van der Waals surface area contributed by atoms with Crippen LogP contribution in [0.15, 0.2) is 108 Å². The predicted molar refractivity (Wildman–Crippen MR) is 143 cm³/mol. The SMILES string of the molecule is Cc1ccc(-n2nc(-c3ccco3)cc2NC(=O)NC(C)Cc2ccc(-c3ccccc3)cc2)cc1. The number of carbonyl (C=O) groups excluding carboxylic acids is 1. The monoisotopic (exact) mass is 476 g/mol. The van der Waals surface area contributed by atoms with E-state index in [9.17, 15) is 4.79 Å². The fourth-order valence-corrected chi connectivity index (χ4v) is 4.14. The van der Waals surface area contributed by atoms with E-state index in [0.717, 1.165) is 23.2 Å². The summed E-state index contributed by atoms with van der Waals surface area (Å²) in [4.78, 5) is 12.9. The normalized spacial score (nSPS) is 11.7. The lowest BCUT2D eigenvalue weighted by molar-refractivity contribution is 0.249. The van der Waals surface area contributed by atoms with E-state index < -0.39 is 0 Å². The van der Waals surface area contributed by atoms with E-state index in [-0.39, 0.29) is 12.1 Å². The highest BCUT2D eigenvalue weighted by Crippen LogP contribution is 2.25. The third-order valence-corrected chi connectivity index (χ3v) is 5.98. The number of hydrogen-bond acceptors (Lipinski definition) is 3. The molecule has 2 heterocycles. The molecule has 0 spiro atoms. The van der Waals surface area contributed by atoms with Gasteiger partial charge in [-0.05, 0) is 61.2 Å². The van der Waals surface area contributed by atoms with Gasteiger partial charge in [0, 0.05) is 12.1 Å². The minimum Gasteiger partial charge on any atom is -0.463 e. The number of anilines is 1. The molecule has 6 heteroatoms. The number of aryl methyl sites for hydroxylation is 1. The first kappa shape index (κ1) is 23.2. The molecule has 180 valence electrons. The first-order valence-corrected chi connectivity index (χ1v) is 12.0. The van der Waals surface area contributed by atoms with Gasteiger partial charge in [-0.2, -0.15) is 5.10 Å². The van der Waals surface area contributed by atoms with Crippen LogP contribution in [0.3, 0.4) is 0 Å². The smallest absolute Gasteiger partial charge is 0.320 e. The molecule has 1 unspecified atom stereocenters. The van der Waals surface area contributed by atoms with Crippen molar-refractivity contribution < 1.29 is 9.21 Å². The number of nitrogens with one attached hydrogen (secondary N) is 2. The van der Waals surface area contributed by atoms with Gasteiger partial charge in [-0.25, -0.2) is 9.48 Å². The van der Waals surface area contributed by atoms with Gasteiger partial charge in [-0.1, -0.05) is 72.3 Å². The summed E-state index contributed by atoms with van der Waals surface area (Å²) >= 11 is 0. The first-order valence-electron chi connectivity index (χ1n) is 12.0. The Labute approximate surface area is 210 Å². The van der Waals surface area contributed by atoms with Gasteiger partial charge in [0.2, 0.25) is 0 Å². The van der Waals surface area contributed by atoms with E-state index in [0.29, 0.717) is 17.3 Å². The van der Waals surface area contributed by atoms with Crippen LogP contribution in [0.25, 0.3) is 28.3 Å². The molecule has 0 radical (unpaired) electrons. The van der Waals surface area contributed by atoms with E-state index in [2.05, 4.69) is 52.1 Å². The van der Waals surface area contributed by atoms with Gasteiger partial charge in [0.25, 0.3) is 0 Å². The molecule has 0 aliphatic rings. The van der Waals surface area contributed by atoms with Gasteiger partial charge in [-0.3, -0.25) is 5.32 Å². The Hall–Kier alpha value is -4.58. The van der Waals surface area contributed by atoms with Crippen LogP contribution in [0, 0.1) is 6.92 Å². The molecule has 3 aromatic carbocycles. The number of amides is 2. The summed E-state index contributed by atoms with van der Waals surface area (Å²) < 4.78 is 7.22. The van der Waals surface area contributed by atoms with Crippen LogP contribution in [-0.4, -0.2) is 21.9 Å². The molecule has 2 N–H and O–H groups in total. The summed E-state index contributed by atoms with van der Waals surface area (Å²) in [7, 11) is 0. The average Bonchev–Trinajstić information content (AvgIpc) is 3.56. The molecular formula is C30H28N4O2. The Bertz CT molecular complexity index is 1420. The zero-order chi connectivity index (χ0) is 24.9. The molecule has 0 aliphatic heterocycles. The summed E-state index contributed by atoms with van der Waals surface area (Å²) in [5, 5.41) is 10.7. The molecule has 5 rings (SSSR count). The van der Waals surface area contributed by atoms with Gasteiger partial charge < -0.3 is 9.73 Å². The Morgan fingerprint density at radius 3 is 2.33 bits per heavy atom. The van der Waals surface area contributed by atoms with E-state index in [4.69, 9.17) is 4.42 Å². The summed E-state index contributed by atoms with van der Waals surface area (Å²) in [6.07, 6.45) is 2.32. The minimum absolute atomic E-state index is 0.0622. The standard InChI is InChI=1S/C30H28N4O2/c1-21-10-16-26(17-11-21)34-29(20-27(33-34)28-9-6-18-36-28)32-30(35)31-22(2)19-23-12-14-25(15-13-23)24-7-4-3-5-8-24/h3-18,20,22H,19H2,1-2H3,(H2,31,32,35). The highest BCUT2D eigenvalue weighted by atomic mass is 16.3. The summed E-state index contributed by atoms with van der Waals surface area (Å²) in [5.41, 5.74) is 6.16. The van der Waals surface area contributed by atoms with E-state index >= 15 is 0 Å². The highest BCUT2D eigenvalue weighted by molar-refractivity contribution is 5.89. The number of urea groups is 1. The molecule has 2 amide bonds. The van der Waals surface area contributed by atoms with Crippen LogP contribution in [-0.2, 0) is 6.42 Å². The van der Waals surface area contributed by atoms with Crippen molar-refractivity contribution >= 4 is 11.8 Å². The van der Waals surface area contributed by atoms with Crippen LogP contribution in [0.4, 0.5) is 10.6 Å². The Morgan fingerprint density at radius 1 is 0.917 bits per heavy atom. The van der Waals surface area contributed by atoms with Crippen molar-refractivity contribution in [2.45, 2.75) is 26.3 Å². The fraction of sp³-hybridized carbons (Fsp3) is 0.133. The molecule has 0 fully saturated rings. The maximum atomic E-state index is 12.9. The number of furan rings is 1. The molecule has 5 aromatic rings. The predicted octanol–water partition coefficient (Wildman–Crippen LogP) is 6.86. The van der Waals surface area contributed by atoms with Gasteiger partial charge in [-0.15, -0.1) is 0 Å². The lowest BCUT2D eigenvalue weighted by Gasteiger charge is -2.16. The molecule has 0 bridgehead atoms. The Balaban J connectivity index is 1.27. The van der Waals surface area contributed by atoms with Crippen molar-refractivity contribution in [1.82, 2.24) is 15.1 Å². The number of aromatic nitrogens is 2. The van der Waals surface area contributed by atoms with Gasteiger partial charge in [0.15, 0.2) is 5.76 Å². The van der Waals surface area contributed by atoms with Crippen LogP contribution >= 0.6 is 0 Å². The summed E-state index contributed by atoms with van der Waals surface area (Å²) in [6.45, 7) is 4.03. The van der Waals surface area contributed by atoms with Crippen LogP contribution in [0.1, 0.15) is 18.1 Å². The average molecular weight is 477 g/mol. The molecule has 6 nitrogen and oxygen atoms in total. The van der Waals surface area contributed by atoms with Crippen molar-refractivity contribution in [3.63, 3.8) is 0 Å². The second-order valence-electron chi connectivity index (χ2n) is 8.91. The fourth-order valence-electron chi connectivity index (χ4n) is 4.14. The number of rotatable bonds is 7. The lowest BCUT2D eigenvalue weighted by Crippen LogP contribution is -2.37. The minimum atomic E-state index is -0.289. The Kier molecular flexibility index (Phi) is 6.67. The van der Waals surface area contributed by atoms with E-state index in [1.165, 1.54) is 11.1 Å². The molecular weight excluding hydrogens is 448 g/mol. The topological polar surface area (TPSA) is 72.1 Å². The number of nitrogens with zero attached hydrogens (tertiary/aromatic N) is 2. The number of hydrogen-bond donors (Lipinski definition) is 2. The first-order chi connectivity index (χ1) is 17.5. The molecule has 0 saturated carbocycles. The zero-order valence-electron chi connectivity index (χ0n) is 20.3. The van der Waals surface area contributed by atoms with Gasteiger partial charge in [0.1, 0.15) is 11.5 Å². The number of benzene rings is 3. The van der Waals surface area contributed by atoms with Crippen molar-refractivity contribution in [1.29, 1.82) is 0 Å². The van der Waals surface area contributed by atoms with Gasteiger partial charge >= 0.3 is 6.03 Å². The second kappa shape index (κ2) is 10.4. The maximum absolute atomic E-state index is 12.9. The van der Waals surface area contributed by atoms with Crippen molar-refractivity contribution in [3.8, 4) is 28.3 Å². The van der Waals surface area contributed by atoms with Crippen LogP contribution in [0.5, 0.6) is 0 Å². The lowest BCUT2D eigenvalue weighted by atomic mass is 10.0. The quantitative estimate of drug-likeness (QED) is 0.269. The molecule has 1 atom stereocenters. The van der Waals surface area contributed by atoms with E-state index in [1.807, 2.05) is 74.5 Å². The largest absolute Gasteiger partial charge is 0.463 e.